The Labute approximate surface area is 104 Å². The molecule has 0 saturated carbocycles. The highest BCUT2D eigenvalue weighted by atomic mass is 16.7. The molecule has 5 nitrogen and oxygen atoms in total. The topological polar surface area (TPSA) is 50.8 Å². The normalized spacial score (nSPS) is 11.2. The number of hydrogen-bond donors (Lipinski definition) is 1. The van der Waals surface area contributed by atoms with Crippen molar-refractivity contribution in [2.24, 2.45) is 0 Å². The van der Waals surface area contributed by atoms with Crippen LogP contribution in [0.2, 0.25) is 0 Å². The lowest BCUT2D eigenvalue weighted by Crippen LogP contribution is -2.42. The van der Waals surface area contributed by atoms with Gasteiger partial charge in [-0.1, -0.05) is 6.92 Å². The molecule has 0 atom stereocenters. The molecule has 0 heterocycles. The first-order valence-corrected chi connectivity index (χ1v) is 6.40. The van der Waals surface area contributed by atoms with Crippen LogP contribution in [0.1, 0.15) is 27.7 Å². The summed E-state index contributed by atoms with van der Waals surface area (Å²) < 4.78 is 10.9. The van der Waals surface area contributed by atoms with Gasteiger partial charge in [-0.3, -0.25) is 9.69 Å². The SMILES string of the molecule is CCNC(=O)CN(CC)CC(OCC)OCC. The van der Waals surface area contributed by atoms with Crippen LogP contribution in [-0.2, 0) is 14.3 Å². The molecule has 102 valence electrons. The second-order valence-electron chi connectivity index (χ2n) is 3.62. The van der Waals surface area contributed by atoms with Crippen molar-refractivity contribution in [1.82, 2.24) is 10.2 Å². The molecular formula is C12H26N2O3. The van der Waals surface area contributed by atoms with E-state index in [0.29, 0.717) is 32.8 Å². The van der Waals surface area contributed by atoms with Crippen molar-refractivity contribution < 1.29 is 14.3 Å². The van der Waals surface area contributed by atoms with Gasteiger partial charge in [0, 0.05) is 19.8 Å². The molecule has 0 aliphatic carbocycles. The van der Waals surface area contributed by atoms with Crippen LogP contribution in [0.25, 0.3) is 0 Å². The second-order valence-corrected chi connectivity index (χ2v) is 3.62. The number of rotatable bonds is 10. The molecule has 0 unspecified atom stereocenters. The molecule has 0 aromatic heterocycles. The summed E-state index contributed by atoms with van der Waals surface area (Å²) in [5.41, 5.74) is 0. The molecule has 1 amide bonds. The molecule has 0 fully saturated rings. The summed E-state index contributed by atoms with van der Waals surface area (Å²) in [5.74, 6) is 0.0427. The third-order valence-electron chi connectivity index (χ3n) is 2.30. The fourth-order valence-electron chi connectivity index (χ4n) is 1.50. The molecule has 0 radical (unpaired) electrons. The molecule has 0 saturated heterocycles. The van der Waals surface area contributed by atoms with E-state index in [4.69, 9.17) is 9.47 Å². The van der Waals surface area contributed by atoms with Crippen LogP contribution < -0.4 is 5.32 Å². The first-order valence-electron chi connectivity index (χ1n) is 6.40. The van der Waals surface area contributed by atoms with Crippen molar-refractivity contribution in [1.29, 1.82) is 0 Å². The van der Waals surface area contributed by atoms with Crippen LogP contribution in [0.15, 0.2) is 0 Å². The van der Waals surface area contributed by atoms with E-state index in [9.17, 15) is 4.79 Å². The summed E-state index contributed by atoms with van der Waals surface area (Å²) in [6, 6.07) is 0. The van der Waals surface area contributed by atoms with Crippen LogP contribution in [0.3, 0.4) is 0 Å². The van der Waals surface area contributed by atoms with Gasteiger partial charge in [0.15, 0.2) is 6.29 Å². The largest absolute Gasteiger partial charge is 0.355 e. The highest BCUT2D eigenvalue weighted by molar-refractivity contribution is 5.77. The molecule has 5 heteroatoms. The predicted molar refractivity (Wildman–Crippen MR) is 67.8 cm³/mol. The lowest BCUT2D eigenvalue weighted by molar-refractivity contribution is -0.148. The number of likely N-dealkylation sites (N-methyl/N-ethyl adjacent to an activating group) is 2. The van der Waals surface area contributed by atoms with Crippen LogP contribution in [0, 0.1) is 0 Å². The van der Waals surface area contributed by atoms with E-state index in [0.717, 1.165) is 6.54 Å². The Morgan fingerprint density at radius 2 is 1.76 bits per heavy atom. The van der Waals surface area contributed by atoms with Gasteiger partial charge in [-0.2, -0.15) is 0 Å². The van der Waals surface area contributed by atoms with Gasteiger partial charge in [-0.25, -0.2) is 0 Å². The van der Waals surface area contributed by atoms with Gasteiger partial charge in [0.05, 0.1) is 13.1 Å². The van der Waals surface area contributed by atoms with Crippen molar-refractivity contribution in [2.75, 3.05) is 39.4 Å². The molecule has 0 bridgehead atoms. The zero-order valence-electron chi connectivity index (χ0n) is 11.5. The van der Waals surface area contributed by atoms with E-state index >= 15 is 0 Å². The Balaban J connectivity index is 4.10. The van der Waals surface area contributed by atoms with E-state index in [2.05, 4.69) is 5.32 Å². The molecule has 1 N–H and O–H groups in total. The van der Waals surface area contributed by atoms with Gasteiger partial charge in [0.25, 0.3) is 0 Å². The number of nitrogens with one attached hydrogen (secondary N) is 1. The summed E-state index contributed by atoms with van der Waals surface area (Å²) in [6.07, 6.45) is -0.251. The minimum atomic E-state index is -0.251. The highest BCUT2D eigenvalue weighted by Crippen LogP contribution is 1.99. The number of nitrogens with zero attached hydrogens (tertiary/aromatic N) is 1. The number of hydrogen-bond acceptors (Lipinski definition) is 4. The quantitative estimate of drug-likeness (QED) is 0.580. The van der Waals surface area contributed by atoms with Crippen molar-refractivity contribution >= 4 is 5.91 Å². The summed E-state index contributed by atoms with van der Waals surface area (Å²) >= 11 is 0. The Morgan fingerprint density at radius 1 is 1.18 bits per heavy atom. The number of carbonyl (C=O) groups is 1. The van der Waals surface area contributed by atoms with Crippen molar-refractivity contribution in [3.05, 3.63) is 0 Å². The minimum absolute atomic E-state index is 0.0427. The van der Waals surface area contributed by atoms with Gasteiger partial charge >= 0.3 is 0 Å². The first kappa shape index (κ1) is 16.4. The van der Waals surface area contributed by atoms with Crippen LogP contribution in [-0.4, -0.2) is 56.5 Å². The molecule has 0 spiro atoms. The van der Waals surface area contributed by atoms with Gasteiger partial charge in [-0.05, 0) is 27.3 Å². The fourth-order valence-corrected chi connectivity index (χ4v) is 1.50. The first-order chi connectivity index (χ1) is 8.17. The van der Waals surface area contributed by atoms with Crippen LogP contribution in [0.5, 0.6) is 0 Å². The van der Waals surface area contributed by atoms with E-state index in [1.807, 2.05) is 32.6 Å². The standard InChI is InChI=1S/C12H26N2O3/c1-5-13-11(15)9-14(6-2)10-12(16-7-3)17-8-4/h12H,5-10H2,1-4H3,(H,13,15). The second kappa shape index (κ2) is 10.5. The number of ether oxygens (including phenoxy) is 2. The van der Waals surface area contributed by atoms with E-state index in [1.165, 1.54) is 0 Å². The van der Waals surface area contributed by atoms with Crippen LogP contribution >= 0.6 is 0 Å². The van der Waals surface area contributed by atoms with Crippen molar-refractivity contribution in [3.63, 3.8) is 0 Å². The summed E-state index contributed by atoms with van der Waals surface area (Å²) in [4.78, 5) is 13.5. The van der Waals surface area contributed by atoms with Gasteiger partial charge in [0.1, 0.15) is 0 Å². The maximum Gasteiger partial charge on any atom is 0.234 e. The summed E-state index contributed by atoms with van der Waals surface area (Å²) in [5, 5.41) is 2.79. The van der Waals surface area contributed by atoms with Gasteiger partial charge in [0.2, 0.25) is 5.91 Å². The lowest BCUT2D eigenvalue weighted by Gasteiger charge is -2.25. The third-order valence-corrected chi connectivity index (χ3v) is 2.30. The van der Waals surface area contributed by atoms with Crippen molar-refractivity contribution in [2.45, 2.75) is 34.0 Å². The minimum Gasteiger partial charge on any atom is -0.355 e. The molecule has 0 aliphatic heterocycles. The number of carbonyl (C=O) groups excluding carboxylic acids is 1. The average Bonchev–Trinajstić information content (AvgIpc) is 2.29. The maximum absolute atomic E-state index is 11.5. The van der Waals surface area contributed by atoms with Gasteiger partial charge < -0.3 is 14.8 Å². The fraction of sp³-hybridized carbons (Fsp3) is 0.917. The van der Waals surface area contributed by atoms with Gasteiger partial charge in [-0.15, -0.1) is 0 Å². The average molecular weight is 246 g/mol. The number of amides is 1. The summed E-state index contributed by atoms with van der Waals surface area (Å²) in [6.45, 7) is 11.5. The monoisotopic (exact) mass is 246 g/mol. The van der Waals surface area contributed by atoms with Crippen LogP contribution in [0.4, 0.5) is 0 Å². The Hall–Kier alpha value is -0.650. The Kier molecular flexibility index (Phi) is 10.1. The summed E-state index contributed by atoms with van der Waals surface area (Å²) in [7, 11) is 0. The zero-order valence-corrected chi connectivity index (χ0v) is 11.5. The van der Waals surface area contributed by atoms with E-state index in [-0.39, 0.29) is 12.2 Å². The molecular weight excluding hydrogens is 220 g/mol. The molecule has 0 aromatic rings. The van der Waals surface area contributed by atoms with Crippen molar-refractivity contribution in [3.8, 4) is 0 Å². The predicted octanol–water partition coefficient (Wildman–Crippen LogP) is 0.844. The Morgan fingerprint density at radius 3 is 2.18 bits per heavy atom. The van der Waals surface area contributed by atoms with E-state index < -0.39 is 0 Å². The molecule has 17 heavy (non-hydrogen) atoms. The Bertz CT molecular complexity index is 194. The maximum atomic E-state index is 11.5. The lowest BCUT2D eigenvalue weighted by atomic mass is 10.4. The zero-order chi connectivity index (χ0) is 13.1. The third kappa shape index (κ3) is 8.12. The van der Waals surface area contributed by atoms with E-state index in [1.54, 1.807) is 0 Å². The molecule has 0 rings (SSSR count). The molecule has 0 aliphatic rings. The smallest absolute Gasteiger partial charge is 0.234 e. The highest BCUT2D eigenvalue weighted by Gasteiger charge is 2.15. The molecule has 0 aromatic carbocycles.